The molecule has 0 bridgehead atoms. The van der Waals surface area contributed by atoms with Gasteiger partial charge < -0.3 is 14.2 Å². The number of carbonyl (C=O) groups excluding carboxylic acids is 3. The number of rotatable bonds is 53. The Kier molecular flexibility index (Phi) is 54.3. The highest BCUT2D eigenvalue weighted by atomic mass is 16.6. The summed E-state index contributed by atoms with van der Waals surface area (Å²) in [6, 6.07) is 0. The predicted molar refractivity (Wildman–Crippen MR) is 293 cm³/mol. The molecule has 0 aromatic carbocycles. The van der Waals surface area contributed by atoms with E-state index in [9.17, 15) is 14.4 Å². The standard InChI is InChI=1S/C62H110O6/c1-4-7-10-13-16-19-22-25-27-29-31-33-35-37-40-43-46-49-52-55-61(64)67-58-59(57-66-60(63)54-51-48-45-42-39-24-21-18-15-12-9-6-3)68-62(65)56-53-50-47-44-41-38-36-34-32-30-28-26-23-20-17-14-11-8-5-2/h7,10,16,18-19,21,25,27,31,33,59H,4-6,8-9,11-15,17,20,22-24,26,28-30,32,34-58H2,1-3H3/b10-7-,19-16-,21-18-,27-25-,33-31-. The largest absolute Gasteiger partial charge is 0.462 e. The molecule has 394 valence electrons. The minimum absolute atomic E-state index is 0.0808. The lowest BCUT2D eigenvalue weighted by atomic mass is 10.0. The molecule has 0 amide bonds. The summed E-state index contributed by atoms with van der Waals surface area (Å²) < 4.78 is 16.9. The number of unbranched alkanes of at least 4 members (excludes halogenated alkanes) is 32. The third-order valence-corrected chi connectivity index (χ3v) is 12.8. The van der Waals surface area contributed by atoms with Gasteiger partial charge in [-0.05, 0) is 83.5 Å². The van der Waals surface area contributed by atoms with Crippen molar-refractivity contribution in [2.75, 3.05) is 13.2 Å². The van der Waals surface area contributed by atoms with Gasteiger partial charge in [-0.25, -0.2) is 0 Å². The van der Waals surface area contributed by atoms with Crippen LogP contribution in [0.25, 0.3) is 0 Å². The average molecular weight is 952 g/mol. The van der Waals surface area contributed by atoms with E-state index in [0.717, 1.165) is 96.3 Å². The molecule has 0 aromatic rings. The Hall–Kier alpha value is -2.89. The highest BCUT2D eigenvalue weighted by Crippen LogP contribution is 2.16. The third kappa shape index (κ3) is 54.1. The fourth-order valence-electron chi connectivity index (χ4n) is 8.37. The summed E-state index contributed by atoms with van der Waals surface area (Å²) in [5.41, 5.74) is 0. The Balaban J connectivity index is 4.35. The maximum absolute atomic E-state index is 12.9. The van der Waals surface area contributed by atoms with Crippen molar-refractivity contribution in [2.45, 2.75) is 303 Å². The second-order valence-corrected chi connectivity index (χ2v) is 19.5. The second-order valence-electron chi connectivity index (χ2n) is 19.5. The first kappa shape index (κ1) is 65.1. The first-order valence-corrected chi connectivity index (χ1v) is 29.3. The van der Waals surface area contributed by atoms with Gasteiger partial charge in [0.2, 0.25) is 0 Å². The third-order valence-electron chi connectivity index (χ3n) is 12.8. The number of allylic oxidation sites excluding steroid dienone is 10. The molecule has 0 saturated carbocycles. The number of hydrogen-bond donors (Lipinski definition) is 0. The number of hydrogen-bond acceptors (Lipinski definition) is 6. The lowest BCUT2D eigenvalue weighted by Gasteiger charge is -2.18. The van der Waals surface area contributed by atoms with Crippen molar-refractivity contribution in [3.05, 3.63) is 60.8 Å². The van der Waals surface area contributed by atoms with Gasteiger partial charge in [-0.2, -0.15) is 0 Å². The van der Waals surface area contributed by atoms with Gasteiger partial charge in [0.15, 0.2) is 6.10 Å². The molecule has 0 heterocycles. The van der Waals surface area contributed by atoms with E-state index in [1.54, 1.807) is 0 Å². The molecule has 0 fully saturated rings. The van der Waals surface area contributed by atoms with Crippen molar-refractivity contribution >= 4 is 17.9 Å². The van der Waals surface area contributed by atoms with E-state index >= 15 is 0 Å². The topological polar surface area (TPSA) is 78.9 Å². The van der Waals surface area contributed by atoms with E-state index in [1.165, 1.54) is 161 Å². The highest BCUT2D eigenvalue weighted by Gasteiger charge is 2.19. The lowest BCUT2D eigenvalue weighted by Crippen LogP contribution is -2.30. The first-order chi connectivity index (χ1) is 33.5. The van der Waals surface area contributed by atoms with E-state index in [-0.39, 0.29) is 31.1 Å². The molecule has 1 atom stereocenters. The molecule has 0 radical (unpaired) electrons. The Morgan fingerprint density at radius 2 is 0.574 bits per heavy atom. The fourth-order valence-corrected chi connectivity index (χ4v) is 8.37. The minimum atomic E-state index is -0.782. The quantitative estimate of drug-likeness (QED) is 0.0262. The van der Waals surface area contributed by atoms with E-state index < -0.39 is 6.10 Å². The molecule has 0 aromatic heterocycles. The fraction of sp³-hybridized carbons (Fsp3) is 0.790. The molecule has 0 aliphatic carbocycles. The molecule has 1 unspecified atom stereocenters. The van der Waals surface area contributed by atoms with Crippen LogP contribution in [0.3, 0.4) is 0 Å². The molecule has 0 N–H and O–H groups in total. The molecule has 6 nitrogen and oxygen atoms in total. The van der Waals surface area contributed by atoms with Gasteiger partial charge in [-0.3, -0.25) is 14.4 Å². The van der Waals surface area contributed by atoms with E-state index in [1.807, 2.05) is 0 Å². The molecule has 0 aliphatic rings. The van der Waals surface area contributed by atoms with Gasteiger partial charge in [0.1, 0.15) is 13.2 Å². The Bertz CT molecular complexity index is 1230. The van der Waals surface area contributed by atoms with Crippen molar-refractivity contribution in [2.24, 2.45) is 0 Å². The van der Waals surface area contributed by atoms with Crippen LogP contribution in [0.1, 0.15) is 297 Å². The van der Waals surface area contributed by atoms with Crippen molar-refractivity contribution in [1.82, 2.24) is 0 Å². The maximum Gasteiger partial charge on any atom is 0.306 e. The van der Waals surface area contributed by atoms with Gasteiger partial charge >= 0.3 is 17.9 Å². The Morgan fingerprint density at radius 1 is 0.309 bits per heavy atom. The first-order valence-electron chi connectivity index (χ1n) is 29.3. The normalized spacial score (nSPS) is 12.5. The summed E-state index contributed by atoms with van der Waals surface area (Å²) >= 11 is 0. The van der Waals surface area contributed by atoms with Crippen LogP contribution in [-0.4, -0.2) is 37.2 Å². The van der Waals surface area contributed by atoms with Gasteiger partial charge in [0.25, 0.3) is 0 Å². The van der Waals surface area contributed by atoms with Crippen molar-refractivity contribution in [1.29, 1.82) is 0 Å². The van der Waals surface area contributed by atoms with E-state index in [2.05, 4.69) is 81.5 Å². The minimum Gasteiger partial charge on any atom is -0.462 e. The van der Waals surface area contributed by atoms with E-state index in [0.29, 0.717) is 19.3 Å². The second kappa shape index (κ2) is 56.7. The summed E-state index contributed by atoms with van der Waals surface area (Å²) in [5, 5.41) is 0. The molecular weight excluding hydrogens is 841 g/mol. The molecule has 0 rings (SSSR count). The smallest absolute Gasteiger partial charge is 0.306 e. The molecule has 0 saturated heterocycles. The summed E-state index contributed by atoms with van der Waals surface area (Å²) in [4.78, 5) is 38.2. The summed E-state index contributed by atoms with van der Waals surface area (Å²) in [6.07, 6.45) is 70.7. The molecule has 0 aliphatic heterocycles. The van der Waals surface area contributed by atoms with Crippen molar-refractivity contribution < 1.29 is 28.6 Å². The van der Waals surface area contributed by atoms with Gasteiger partial charge in [0, 0.05) is 19.3 Å². The van der Waals surface area contributed by atoms with Crippen LogP contribution in [0, 0.1) is 0 Å². The van der Waals surface area contributed by atoms with E-state index in [4.69, 9.17) is 14.2 Å². The Morgan fingerprint density at radius 3 is 0.941 bits per heavy atom. The zero-order valence-corrected chi connectivity index (χ0v) is 45.1. The van der Waals surface area contributed by atoms with Crippen LogP contribution in [-0.2, 0) is 28.6 Å². The molecule has 6 heteroatoms. The van der Waals surface area contributed by atoms with Gasteiger partial charge in [-0.1, -0.05) is 255 Å². The SMILES string of the molecule is CC/C=C\C/C=C\C/C=C\C/C=C\CCCCCCCCC(=O)OCC(COC(=O)CCCCCCC/C=C\CCCCC)OC(=O)CCCCCCCCCCCCCCCCCCCCC. The lowest BCUT2D eigenvalue weighted by molar-refractivity contribution is -0.167. The zero-order valence-electron chi connectivity index (χ0n) is 45.1. The monoisotopic (exact) mass is 951 g/mol. The summed E-state index contributed by atoms with van der Waals surface area (Å²) in [7, 11) is 0. The highest BCUT2D eigenvalue weighted by molar-refractivity contribution is 5.71. The average Bonchev–Trinajstić information content (AvgIpc) is 3.34. The van der Waals surface area contributed by atoms with Crippen LogP contribution >= 0.6 is 0 Å². The Labute approximate surface area is 421 Å². The number of ether oxygens (including phenoxy) is 3. The molecule has 68 heavy (non-hydrogen) atoms. The van der Waals surface area contributed by atoms with Crippen LogP contribution in [0.2, 0.25) is 0 Å². The summed E-state index contributed by atoms with van der Waals surface area (Å²) in [5.74, 6) is -0.890. The van der Waals surface area contributed by atoms with Crippen LogP contribution < -0.4 is 0 Å². The number of carbonyl (C=O) groups is 3. The van der Waals surface area contributed by atoms with Crippen molar-refractivity contribution in [3.8, 4) is 0 Å². The van der Waals surface area contributed by atoms with Crippen LogP contribution in [0.4, 0.5) is 0 Å². The van der Waals surface area contributed by atoms with Gasteiger partial charge in [0.05, 0.1) is 0 Å². The predicted octanol–water partition coefficient (Wildman–Crippen LogP) is 19.6. The summed E-state index contributed by atoms with van der Waals surface area (Å²) in [6.45, 7) is 6.52. The van der Waals surface area contributed by atoms with Crippen molar-refractivity contribution in [3.63, 3.8) is 0 Å². The van der Waals surface area contributed by atoms with Crippen LogP contribution in [0.15, 0.2) is 60.8 Å². The van der Waals surface area contributed by atoms with Gasteiger partial charge in [-0.15, -0.1) is 0 Å². The molecular formula is C62H110O6. The van der Waals surface area contributed by atoms with Crippen LogP contribution in [0.5, 0.6) is 0 Å². The number of esters is 3. The molecule has 0 spiro atoms. The zero-order chi connectivity index (χ0) is 49.3. The maximum atomic E-state index is 12.9.